The fraction of sp³-hybridized carbons (Fsp3) is 0.167. The highest BCUT2D eigenvalue weighted by molar-refractivity contribution is 7.07. The Morgan fingerprint density at radius 1 is 1.33 bits per heavy atom. The van der Waals surface area contributed by atoms with Crippen LogP contribution in [0.5, 0.6) is 0 Å². The number of carbonyl (C=O) groups is 1. The van der Waals surface area contributed by atoms with E-state index in [1.807, 2.05) is 36.6 Å². The maximum atomic E-state index is 11.7. The van der Waals surface area contributed by atoms with Crippen molar-refractivity contribution in [3.8, 4) is 11.5 Å². The van der Waals surface area contributed by atoms with Gasteiger partial charge < -0.3 is 9.73 Å². The first-order chi connectivity index (χ1) is 11.7. The number of carbonyl (C=O) groups excluding carboxylic acids is 1. The molecule has 2 heterocycles. The van der Waals surface area contributed by atoms with Gasteiger partial charge in [0, 0.05) is 30.0 Å². The zero-order valence-corrected chi connectivity index (χ0v) is 14.0. The van der Waals surface area contributed by atoms with Crippen molar-refractivity contribution >= 4 is 23.3 Å². The number of nitrogens with zero attached hydrogens (tertiary/aromatic N) is 2. The smallest absolute Gasteiger partial charge is 0.244 e. The SMILES string of the molecule is Cc1ccc(-c2nc(CCNC(=O)C=Cc3cscn3)co2)cc1. The molecule has 5 nitrogen and oxygen atoms in total. The van der Waals surface area contributed by atoms with Crippen molar-refractivity contribution in [2.45, 2.75) is 13.3 Å². The topological polar surface area (TPSA) is 68.0 Å². The Bertz CT molecular complexity index is 820. The van der Waals surface area contributed by atoms with Gasteiger partial charge in [-0.15, -0.1) is 11.3 Å². The number of amides is 1. The molecule has 0 unspecified atom stereocenters. The quantitative estimate of drug-likeness (QED) is 0.698. The van der Waals surface area contributed by atoms with Crippen LogP contribution < -0.4 is 5.32 Å². The minimum Gasteiger partial charge on any atom is -0.444 e. The van der Waals surface area contributed by atoms with E-state index in [0.29, 0.717) is 18.9 Å². The first-order valence-electron chi connectivity index (χ1n) is 7.56. The Hall–Kier alpha value is -2.73. The lowest BCUT2D eigenvalue weighted by Crippen LogP contribution is -2.23. The van der Waals surface area contributed by atoms with Crippen LogP contribution >= 0.6 is 11.3 Å². The molecular weight excluding hydrogens is 322 g/mol. The summed E-state index contributed by atoms with van der Waals surface area (Å²) >= 11 is 1.49. The van der Waals surface area contributed by atoms with Crippen molar-refractivity contribution in [2.75, 3.05) is 6.54 Å². The predicted molar refractivity (Wildman–Crippen MR) is 94.5 cm³/mol. The molecule has 0 saturated heterocycles. The van der Waals surface area contributed by atoms with Crippen LogP contribution in [0, 0.1) is 6.92 Å². The molecule has 3 aromatic rings. The number of rotatable bonds is 6. The second-order valence-corrected chi connectivity index (χ2v) is 6.02. The van der Waals surface area contributed by atoms with Crippen molar-refractivity contribution < 1.29 is 9.21 Å². The summed E-state index contributed by atoms with van der Waals surface area (Å²) in [6, 6.07) is 8.01. The van der Waals surface area contributed by atoms with E-state index in [1.54, 1.807) is 17.8 Å². The number of benzene rings is 1. The van der Waals surface area contributed by atoms with Crippen LogP contribution in [0.25, 0.3) is 17.5 Å². The van der Waals surface area contributed by atoms with Gasteiger partial charge in [0.25, 0.3) is 0 Å². The van der Waals surface area contributed by atoms with Crippen LogP contribution in [0.15, 0.2) is 51.9 Å². The predicted octanol–water partition coefficient (Wildman–Crippen LogP) is 3.48. The molecule has 3 rings (SSSR count). The van der Waals surface area contributed by atoms with Crippen molar-refractivity contribution in [1.29, 1.82) is 0 Å². The zero-order valence-electron chi connectivity index (χ0n) is 13.2. The van der Waals surface area contributed by atoms with Gasteiger partial charge in [0.05, 0.1) is 16.9 Å². The molecule has 0 spiro atoms. The normalized spacial score (nSPS) is 11.0. The summed E-state index contributed by atoms with van der Waals surface area (Å²) in [5.41, 5.74) is 5.47. The van der Waals surface area contributed by atoms with Crippen LogP contribution in [-0.2, 0) is 11.2 Å². The molecule has 0 aliphatic heterocycles. The Kier molecular flexibility index (Phi) is 5.18. The van der Waals surface area contributed by atoms with E-state index in [0.717, 1.165) is 17.0 Å². The molecule has 0 fully saturated rings. The molecular formula is C18H17N3O2S. The molecule has 0 aliphatic rings. The van der Waals surface area contributed by atoms with Crippen molar-refractivity contribution in [3.63, 3.8) is 0 Å². The molecule has 0 radical (unpaired) electrons. The molecule has 1 amide bonds. The van der Waals surface area contributed by atoms with Gasteiger partial charge in [0.2, 0.25) is 11.8 Å². The number of oxazole rings is 1. The number of hydrogen-bond donors (Lipinski definition) is 1. The van der Waals surface area contributed by atoms with Gasteiger partial charge in [-0.05, 0) is 25.1 Å². The molecule has 2 aromatic heterocycles. The number of thiazole rings is 1. The van der Waals surface area contributed by atoms with Gasteiger partial charge in [0.15, 0.2) is 0 Å². The third-order valence-electron chi connectivity index (χ3n) is 3.39. The molecule has 1 aromatic carbocycles. The summed E-state index contributed by atoms with van der Waals surface area (Å²) in [6.07, 6.45) is 5.42. The van der Waals surface area contributed by atoms with Crippen LogP contribution in [0.4, 0.5) is 0 Å². The maximum Gasteiger partial charge on any atom is 0.244 e. The molecule has 0 aliphatic carbocycles. The van der Waals surface area contributed by atoms with E-state index in [4.69, 9.17) is 4.42 Å². The third kappa shape index (κ3) is 4.39. The van der Waals surface area contributed by atoms with E-state index in [1.165, 1.54) is 23.0 Å². The fourth-order valence-corrected chi connectivity index (χ4v) is 2.61. The molecule has 0 bridgehead atoms. The number of nitrogens with one attached hydrogen (secondary N) is 1. The second kappa shape index (κ2) is 7.70. The zero-order chi connectivity index (χ0) is 16.8. The number of aromatic nitrogens is 2. The molecule has 122 valence electrons. The molecule has 24 heavy (non-hydrogen) atoms. The monoisotopic (exact) mass is 339 g/mol. The molecule has 6 heteroatoms. The second-order valence-electron chi connectivity index (χ2n) is 5.30. The highest BCUT2D eigenvalue weighted by atomic mass is 32.1. The minimum absolute atomic E-state index is 0.148. The average Bonchev–Trinajstić information content (AvgIpc) is 3.25. The van der Waals surface area contributed by atoms with Crippen molar-refractivity contribution in [3.05, 3.63) is 64.4 Å². The standard InChI is InChI=1S/C18H17N3O2S/c1-13-2-4-14(5-3-13)18-21-15(10-23-18)8-9-19-17(22)7-6-16-11-24-12-20-16/h2-7,10-12H,8-9H2,1H3,(H,19,22). The Labute approximate surface area is 144 Å². The third-order valence-corrected chi connectivity index (χ3v) is 3.99. The summed E-state index contributed by atoms with van der Waals surface area (Å²) in [4.78, 5) is 20.3. The van der Waals surface area contributed by atoms with Gasteiger partial charge in [0.1, 0.15) is 6.26 Å². The van der Waals surface area contributed by atoms with E-state index >= 15 is 0 Å². The maximum absolute atomic E-state index is 11.7. The van der Waals surface area contributed by atoms with Crippen LogP contribution in [0.1, 0.15) is 17.0 Å². The summed E-state index contributed by atoms with van der Waals surface area (Å²) in [7, 11) is 0. The first-order valence-corrected chi connectivity index (χ1v) is 8.50. The van der Waals surface area contributed by atoms with Gasteiger partial charge in [-0.2, -0.15) is 0 Å². The highest BCUT2D eigenvalue weighted by Gasteiger charge is 2.06. The van der Waals surface area contributed by atoms with Crippen LogP contribution in [0.2, 0.25) is 0 Å². The van der Waals surface area contributed by atoms with Gasteiger partial charge in [-0.25, -0.2) is 9.97 Å². The number of hydrogen-bond acceptors (Lipinski definition) is 5. The lowest BCUT2D eigenvalue weighted by Gasteiger charge is -1.99. The number of aryl methyl sites for hydroxylation is 1. The van der Waals surface area contributed by atoms with Gasteiger partial charge >= 0.3 is 0 Å². The van der Waals surface area contributed by atoms with Crippen LogP contribution in [0.3, 0.4) is 0 Å². The molecule has 1 N–H and O–H groups in total. The van der Waals surface area contributed by atoms with Gasteiger partial charge in [-0.3, -0.25) is 4.79 Å². The summed E-state index contributed by atoms with van der Waals surface area (Å²) < 4.78 is 5.50. The Morgan fingerprint density at radius 2 is 2.17 bits per heavy atom. The van der Waals surface area contributed by atoms with Gasteiger partial charge in [-0.1, -0.05) is 17.7 Å². The molecule has 0 saturated carbocycles. The Morgan fingerprint density at radius 3 is 2.92 bits per heavy atom. The lowest BCUT2D eigenvalue weighted by molar-refractivity contribution is -0.116. The van der Waals surface area contributed by atoms with E-state index in [-0.39, 0.29) is 5.91 Å². The summed E-state index contributed by atoms with van der Waals surface area (Å²) in [5, 5.41) is 4.70. The van der Waals surface area contributed by atoms with Crippen LogP contribution in [-0.4, -0.2) is 22.4 Å². The first kappa shape index (κ1) is 16.1. The summed E-state index contributed by atoms with van der Waals surface area (Å²) in [6.45, 7) is 2.54. The molecule has 0 atom stereocenters. The van der Waals surface area contributed by atoms with Crippen molar-refractivity contribution in [2.24, 2.45) is 0 Å². The Balaban J connectivity index is 1.49. The van der Waals surface area contributed by atoms with E-state index in [2.05, 4.69) is 15.3 Å². The van der Waals surface area contributed by atoms with E-state index < -0.39 is 0 Å². The largest absolute Gasteiger partial charge is 0.444 e. The average molecular weight is 339 g/mol. The highest BCUT2D eigenvalue weighted by Crippen LogP contribution is 2.19. The summed E-state index contributed by atoms with van der Waals surface area (Å²) in [5.74, 6) is 0.449. The fourth-order valence-electron chi connectivity index (χ4n) is 2.09. The van der Waals surface area contributed by atoms with E-state index in [9.17, 15) is 4.79 Å². The lowest BCUT2D eigenvalue weighted by atomic mass is 10.1. The minimum atomic E-state index is -0.148. The van der Waals surface area contributed by atoms with Crippen molar-refractivity contribution in [1.82, 2.24) is 15.3 Å².